The summed E-state index contributed by atoms with van der Waals surface area (Å²) in [6, 6.07) is -2.27. The monoisotopic (exact) mass is 617 g/mol. The van der Waals surface area contributed by atoms with Crippen LogP contribution in [0.3, 0.4) is 0 Å². The molecule has 0 aliphatic heterocycles. The van der Waals surface area contributed by atoms with Crippen LogP contribution in [0.5, 0.6) is 0 Å². The van der Waals surface area contributed by atoms with Gasteiger partial charge in [0.25, 0.3) is 0 Å². The Morgan fingerprint density at radius 2 is 1.09 bits per heavy atom. The summed E-state index contributed by atoms with van der Waals surface area (Å²) in [5, 5.41) is 9.35. The minimum Gasteiger partial charge on any atom is -0.355 e. The molecule has 0 aromatic rings. The summed E-state index contributed by atoms with van der Waals surface area (Å²) in [6.45, 7) is 6.48. The average molecular weight is 618 g/mol. The van der Waals surface area contributed by atoms with E-state index in [0.717, 1.165) is 89.9 Å². The van der Waals surface area contributed by atoms with Gasteiger partial charge in [-0.2, -0.15) is 0 Å². The van der Waals surface area contributed by atoms with E-state index in [-0.39, 0.29) is 53.3 Å². The Morgan fingerprint density at radius 1 is 0.636 bits per heavy atom. The van der Waals surface area contributed by atoms with Gasteiger partial charge in [0.15, 0.2) is 0 Å². The molecule has 252 valence electrons. The molecule has 4 atom stereocenters. The van der Waals surface area contributed by atoms with Gasteiger partial charge in [-0.1, -0.05) is 71.6 Å². The highest BCUT2D eigenvalue weighted by molar-refractivity contribution is 5.95. The number of carbonyl (C=O) groups excluding carboxylic acids is 4. The molecule has 0 aromatic heterocycles. The van der Waals surface area contributed by atoms with Crippen LogP contribution in [0.25, 0.3) is 0 Å². The summed E-state index contributed by atoms with van der Waals surface area (Å²) in [5.74, 6) is -0.117. The van der Waals surface area contributed by atoms with Gasteiger partial charge in [-0.3, -0.25) is 24.1 Å². The van der Waals surface area contributed by atoms with Gasteiger partial charge in [0.2, 0.25) is 23.6 Å². The largest absolute Gasteiger partial charge is 0.355 e. The molecule has 0 radical (unpaired) electrons. The molecule has 0 spiro atoms. The first-order valence-corrected chi connectivity index (χ1v) is 17.9. The summed E-state index contributed by atoms with van der Waals surface area (Å²) < 4.78 is 0. The smallest absolute Gasteiger partial charge is 0.245 e. The first-order valence-electron chi connectivity index (χ1n) is 17.9. The number of rotatable bonds is 14. The van der Waals surface area contributed by atoms with Crippen LogP contribution in [0.1, 0.15) is 124 Å². The molecule has 9 heteroatoms. The number of amides is 4. The van der Waals surface area contributed by atoms with Crippen LogP contribution in [-0.2, 0) is 19.2 Å². The Hall–Kier alpha value is -2.16. The fourth-order valence-electron chi connectivity index (χ4n) is 8.07. The fourth-order valence-corrected chi connectivity index (χ4v) is 8.07. The van der Waals surface area contributed by atoms with Crippen molar-refractivity contribution in [3.8, 4) is 0 Å². The lowest BCUT2D eigenvalue weighted by atomic mass is 9.80. The Bertz CT molecular complexity index is 922. The minimum atomic E-state index is -0.720. The van der Waals surface area contributed by atoms with Crippen LogP contribution < -0.4 is 16.0 Å². The Morgan fingerprint density at radius 3 is 1.55 bits per heavy atom. The molecule has 4 amide bonds. The zero-order valence-corrected chi connectivity index (χ0v) is 28.7. The molecule has 9 nitrogen and oxygen atoms in total. The highest BCUT2D eigenvalue weighted by Crippen LogP contribution is 2.32. The molecular weight excluding hydrogens is 554 g/mol. The molecule has 44 heavy (non-hydrogen) atoms. The van der Waals surface area contributed by atoms with E-state index in [1.165, 1.54) is 6.42 Å². The summed E-state index contributed by atoms with van der Waals surface area (Å²) >= 11 is 0. The van der Waals surface area contributed by atoms with Crippen molar-refractivity contribution in [3.63, 3.8) is 0 Å². The van der Waals surface area contributed by atoms with E-state index in [9.17, 15) is 19.2 Å². The van der Waals surface area contributed by atoms with Gasteiger partial charge >= 0.3 is 0 Å². The molecule has 3 aliphatic carbocycles. The number of hydrogen-bond acceptors (Lipinski definition) is 5. The zero-order valence-electron chi connectivity index (χ0n) is 28.7. The van der Waals surface area contributed by atoms with Crippen LogP contribution in [0.4, 0.5) is 0 Å². The number of likely N-dealkylation sites (N-methyl/N-ethyl adjacent to an activating group) is 3. The molecule has 0 saturated heterocycles. The maximum absolute atomic E-state index is 14.3. The lowest BCUT2D eigenvalue weighted by Gasteiger charge is -2.39. The molecular formula is C35H63N5O4. The summed E-state index contributed by atoms with van der Waals surface area (Å²) in [5.41, 5.74) is 0. The lowest BCUT2D eigenvalue weighted by Crippen LogP contribution is -2.62. The quantitative estimate of drug-likeness (QED) is 0.263. The maximum atomic E-state index is 14.3. The van der Waals surface area contributed by atoms with Crippen LogP contribution in [0.2, 0.25) is 0 Å². The third-order valence-electron chi connectivity index (χ3n) is 10.5. The van der Waals surface area contributed by atoms with Gasteiger partial charge in [-0.25, -0.2) is 0 Å². The third-order valence-corrected chi connectivity index (χ3v) is 10.5. The van der Waals surface area contributed by atoms with Crippen molar-refractivity contribution in [2.75, 3.05) is 27.7 Å². The standard InChI is InChI=1S/C35H63N5O4/c1-7-36-32(41)28(23-24(2)3)40(6)35(44)30(26-19-13-9-14-20-26)38-33(42)29(25-17-11-8-12-18-25)37-34(43)31(39(4)5)27-21-15-10-16-22-27/h24-31H,7-23H2,1-6H3,(H,36,41)(H,37,43)(H,38,42)/t28-,29-,30-,31-/m1/s1. The molecule has 0 aromatic carbocycles. The zero-order chi connectivity index (χ0) is 32.2. The second-order valence-corrected chi connectivity index (χ2v) is 14.6. The van der Waals surface area contributed by atoms with Crippen LogP contribution in [0, 0.1) is 23.7 Å². The Labute approximate surface area is 267 Å². The van der Waals surface area contributed by atoms with Gasteiger partial charge in [-0.05, 0) is 89.6 Å². The van der Waals surface area contributed by atoms with Crippen molar-refractivity contribution in [2.24, 2.45) is 23.7 Å². The maximum Gasteiger partial charge on any atom is 0.245 e. The van der Waals surface area contributed by atoms with E-state index in [2.05, 4.69) is 29.8 Å². The van der Waals surface area contributed by atoms with E-state index in [1.807, 2.05) is 25.9 Å². The average Bonchev–Trinajstić information content (AvgIpc) is 3.01. The minimum absolute atomic E-state index is 0.0102. The van der Waals surface area contributed by atoms with Gasteiger partial charge < -0.3 is 20.9 Å². The van der Waals surface area contributed by atoms with Crippen molar-refractivity contribution in [3.05, 3.63) is 0 Å². The predicted molar refractivity (Wildman–Crippen MR) is 176 cm³/mol. The second-order valence-electron chi connectivity index (χ2n) is 14.6. The van der Waals surface area contributed by atoms with Gasteiger partial charge in [-0.15, -0.1) is 0 Å². The number of hydrogen-bond donors (Lipinski definition) is 3. The van der Waals surface area contributed by atoms with E-state index in [1.54, 1.807) is 11.9 Å². The molecule has 0 heterocycles. The number of nitrogens with one attached hydrogen (secondary N) is 3. The molecule has 3 aliphatic rings. The Balaban J connectivity index is 1.87. The van der Waals surface area contributed by atoms with Gasteiger partial charge in [0.05, 0.1) is 6.04 Å². The van der Waals surface area contributed by atoms with Crippen molar-refractivity contribution in [1.29, 1.82) is 0 Å². The lowest BCUT2D eigenvalue weighted by molar-refractivity contribution is -0.144. The van der Waals surface area contributed by atoms with Crippen molar-refractivity contribution < 1.29 is 19.2 Å². The van der Waals surface area contributed by atoms with E-state index in [4.69, 9.17) is 0 Å². The van der Waals surface area contributed by atoms with E-state index < -0.39 is 18.1 Å². The molecule has 0 bridgehead atoms. The SMILES string of the molecule is CCNC(=O)[C@@H](CC(C)C)N(C)C(=O)[C@H](NC(=O)[C@H](NC(=O)[C@@H](C1CCCCC1)N(C)C)C1CCCCC1)C1CCCCC1. The molecule has 3 saturated carbocycles. The number of carbonyl (C=O) groups is 4. The first-order chi connectivity index (χ1) is 21.0. The topological polar surface area (TPSA) is 111 Å². The summed E-state index contributed by atoms with van der Waals surface area (Å²) in [4.78, 5) is 59.2. The Kier molecular flexibility index (Phi) is 14.9. The van der Waals surface area contributed by atoms with Crippen molar-refractivity contribution in [1.82, 2.24) is 25.8 Å². The van der Waals surface area contributed by atoms with E-state index in [0.29, 0.717) is 13.0 Å². The molecule has 3 rings (SSSR count). The predicted octanol–water partition coefficient (Wildman–Crippen LogP) is 4.64. The van der Waals surface area contributed by atoms with Crippen molar-refractivity contribution >= 4 is 23.6 Å². The van der Waals surface area contributed by atoms with Crippen LogP contribution in [-0.4, -0.2) is 85.3 Å². The van der Waals surface area contributed by atoms with Gasteiger partial charge in [0.1, 0.15) is 18.1 Å². The van der Waals surface area contributed by atoms with Crippen LogP contribution >= 0.6 is 0 Å². The highest BCUT2D eigenvalue weighted by atomic mass is 16.2. The summed E-state index contributed by atoms with van der Waals surface area (Å²) in [6.07, 6.45) is 16.0. The third kappa shape index (κ3) is 10.2. The van der Waals surface area contributed by atoms with E-state index >= 15 is 0 Å². The summed E-state index contributed by atoms with van der Waals surface area (Å²) in [7, 11) is 5.63. The first kappa shape index (κ1) is 36.3. The molecule has 3 N–H and O–H groups in total. The normalized spacial score (nSPS) is 21.7. The number of nitrogens with zero attached hydrogens (tertiary/aromatic N) is 2. The highest BCUT2D eigenvalue weighted by Gasteiger charge is 2.41. The molecule has 0 unspecified atom stereocenters. The molecule has 3 fully saturated rings. The second kappa shape index (κ2) is 18.1. The van der Waals surface area contributed by atoms with Crippen LogP contribution in [0.15, 0.2) is 0 Å². The fraction of sp³-hybridized carbons (Fsp3) is 0.886. The van der Waals surface area contributed by atoms with Gasteiger partial charge in [0, 0.05) is 13.6 Å². The van der Waals surface area contributed by atoms with Crippen molar-refractivity contribution in [2.45, 2.75) is 148 Å².